The summed E-state index contributed by atoms with van der Waals surface area (Å²) in [4.78, 5) is 0. The molecule has 2 aromatic rings. The molecule has 4 nitrogen and oxygen atoms in total. The van der Waals surface area contributed by atoms with Gasteiger partial charge in [0, 0.05) is 17.7 Å². The minimum absolute atomic E-state index is 0.143. The quantitative estimate of drug-likeness (QED) is 0.907. The maximum Gasteiger partial charge on any atom is 0.174 e. The fraction of sp³-hybridized carbons (Fsp3) is 0.308. The van der Waals surface area contributed by atoms with Gasteiger partial charge in [0.1, 0.15) is 18.2 Å². The lowest BCUT2D eigenvalue weighted by atomic mass is 10.1. The largest absolute Gasteiger partial charge is 0.485 e. The van der Waals surface area contributed by atoms with Gasteiger partial charge in [-0.2, -0.15) is 0 Å². The molecule has 0 saturated carbocycles. The van der Waals surface area contributed by atoms with Crippen LogP contribution in [0.2, 0.25) is 0 Å². The molecule has 0 fully saturated rings. The molecule has 0 amide bonds. The zero-order valence-corrected chi connectivity index (χ0v) is 10.2. The van der Waals surface area contributed by atoms with Crippen molar-refractivity contribution in [3.8, 4) is 5.75 Å². The summed E-state index contributed by atoms with van der Waals surface area (Å²) in [6, 6.07) is 5.76. The Balaban J connectivity index is 2.15. The molecule has 0 radical (unpaired) electrons. The molecule has 1 aromatic heterocycles. The maximum atomic E-state index is 13.1. The van der Waals surface area contributed by atoms with Gasteiger partial charge in [0.25, 0.3) is 0 Å². The van der Waals surface area contributed by atoms with E-state index in [1.165, 1.54) is 18.2 Å². The molecule has 0 aliphatic rings. The van der Waals surface area contributed by atoms with E-state index in [2.05, 4.69) is 5.16 Å². The molecule has 0 bridgehead atoms. The number of aliphatic hydroxyl groups excluding tert-OH is 1. The van der Waals surface area contributed by atoms with Crippen LogP contribution in [0.15, 0.2) is 28.8 Å². The van der Waals surface area contributed by atoms with Gasteiger partial charge < -0.3 is 14.4 Å². The van der Waals surface area contributed by atoms with Crippen molar-refractivity contribution < 1.29 is 18.8 Å². The zero-order valence-electron chi connectivity index (χ0n) is 10.2. The molecule has 1 atom stereocenters. The number of rotatable bonds is 4. The second-order valence-electron chi connectivity index (χ2n) is 4.08. The summed E-state index contributed by atoms with van der Waals surface area (Å²) in [5, 5.41) is 13.3. The molecule has 0 aliphatic carbocycles. The van der Waals surface area contributed by atoms with Gasteiger partial charge in [0.05, 0.1) is 11.8 Å². The van der Waals surface area contributed by atoms with E-state index in [1.807, 2.05) is 0 Å². The highest BCUT2D eigenvalue weighted by Crippen LogP contribution is 2.26. The van der Waals surface area contributed by atoms with Gasteiger partial charge >= 0.3 is 0 Å². The van der Waals surface area contributed by atoms with Gasteiger partial charge in [-0.1, -0.05) is 5.16 Å². The van der Waals surface area contributed by atoms with Crippen molar-refractivity contribution in [2.45, 2.75) is 26.6 Å². The number of aryl methyl sites for hydroxylation is 1. The highest BCUT2D eigenvalue weighted by molar-refractivity contribution is 5.35. The minimum atomic E-state index is -0.725. The van der Waals surface area contributed by atoms with E-state index in [-0.39, 0.29) is 6.61 Å². The molecule has 5 heteroatoms. The lowest BCUT2D eigenvalue weighted by Crippen LogP contribution is -2.01. The third-order valence-electron chi connectivity index (χ3n) is 2.47. The van der Waals surface area contributed by atoms with Crippen molar-refractivity contribution >= 4 is 0 Å². The third-order valence-corrected chi connectivity index (χ3v) is 2.47. The predicted octanol–water partition coefficient (Wildman–Crippen LogP) is 2.75. The summed E-state index contributed by atoms with van der Waals surface area (Å²) < 4.78 is 23.6. The van der Waals surface area contributed by atoms with Gasteiger partial charge in [0.2, 0.25) is 0 Å². The summed E-state index contributed by atoms with van der Waals surface area (Å²) in [7, 11) is 0. The van der Waals surface area contributed by atoms with Crippen LogP contribution in [-0.4, -0.2) is 10.3 Å². The van der Waals surface area contributed by atoms with Gasteiger partial charge in [-0.05, 0) is 26.0 Å². The Bertz CT molecular complexity index is 537. The van der Waals surface area contributed by atoms with Crippen molar-refractivity contribution in [2.24, 2.45) is 0 Å². The van der Waals surface area contributed by atoms with Crippen LogP contribution in [0.4, 0.5) is 4.39 Å². The third kappa shape index (κ3) is 2.87. The van der Waals surface area contributed by atoms with E-state index in [1.54, 1.807) is 19.9 Å². The first-order valence-corrected chi connectivity index (χ1v) is 5.59. The zero-order chi connectivity index (χ0) is 13.1. The van der Waals surface area contributed by atoms with Gasteiger partial charge in [-0.3, -0.25) is 0 Å². The minimum Gasteiger partial charge on any atom is -0.485 e. The lowest BCUT2D eigenvalue weighted by Gasteiger charge is -2.12. The maximum absolute atomic E-state index is 13.1. The lowest BCUT2D eigenvalue weighted by molar-refractivity contribution is 0.186. The normalized spacial score (nSPS) is 12.4. The average molecular weight is 251 g/mol. The highest BCUT2D eigenvalue weighted by atomic mass is 19.1. The summed E-state index contributed by atoms with van der Waals surface area (Å²) >= 11 is 0. The second-order valence-corrected chi connectivity index (χ2v) is 4.08. The summed E-state index contributed by atoms with van der Waals surface area (Å²) in [5.41, 5.74) is 1.29. The molecule has 0 unspecified atom stereocenters. The Morgan fingerprint density at radius 2 is 2.22 bits per heavy atom. The van der Waals surface area contributed by atoms with Crippen molar-refractivity contribution in [2.75, 3.05) is 0 Å². The van der Waals surface area contributed by atoms with Gasteiger partial charge in [-0.15, -0.1) is 0 Å². The first kappa shape index (κ1) is 12.6. The standard InChI is InChI=1S/C13H14FNO3/c1-8-5-11(18-15-8)7-17-13-6-10(14)3-4-12(13)9(2)16/h3-6,9,16H,7H2,1-2H3/t9-/m0/s1. The monoisotopic (exact) mass is 251 g/mol. The molecule has 0 aliphatic heterocycles. The van der Waals surface area contributed by atoms with Crippen molar-refractivity contribution in [3.05, 3.63) is 47.1 Å². The topological polar surface area (TPSA) is 55.5 Å². The highest BCUT2D eigenvalue weighted by Gasteiger charge is 2.11. The van der Waals surface area contributed by atoms with Gasteiger partial charge in [0.15, 0.2) is 5.76 Å². The molecule has 2 rings (SSSR count). The Labute approximate surface area is 104 Å². The first-order valence-electron chi connectivity index (χ1n) is 5.59. The molecular weight excluding hydrogens is 237 g/mol. The van der Waals surface area contributed by atoms with Crippen LogP contribution in [0.25, 0.3) is 0 Å². The number of halogens is 1. The average Bonchev–Trinajstić information content (AvgIpc) is 2.72. The van der Waals surface area contributed by atoms with Crippen molar-refractivity contribution in [3.63, 3.8) is 0 Å². The molecule has 0 saturated heterocycles. The first-order chi connectivity index (χ1) is 8.56. The fourth-order valence-corrected chi connectivity index (χ4v) is 1.61. The predicted molar refractivity (Wildman–Crippen MR) is 62.6 cm³/mol. The van der Waals surface area contributed by atoms with Crippen molar-refractivity contribution in [1.82, 2.24) is 5.16 Å². The molecule has 18 heavy (non-hydrogen) atoms. The Hall–Kier alpha value is -1.88. The number of aromatic nitrogens is 1. The Morgan fingerprint density at radius 3 is 2.83 bits per heavy atom. The Morgan fingerprint density at radius 1 is 1.44 bits per heavy atom. The Kier molecular flexibility index (Phi) is 3.62. The number of nitrogens with zero attached hydrogens (tertiary/aromatic N) is 1. The molecule has 1 heterocycles. The fourth-order valence-electron chi connectivity index (χ4n) is 1.61. The summed E-state index contributed by atoms with van der Waals surface area (Å²) in [6.45, 7) is 3.54. The molecule has 1 aromatic carbocycles. The number of aliphatic hydroxyl groups is 1. The summed E-state index contributed by atoms with van der Waals surface area (Å²) in [6.07, 6.45) is -0.725. The number of ether oxygens (including phenoxy) is 1. The van der Waals surface area contributed by atoms with E-state index in [9.17, 15) is 9.50 Å². The molecule has 1 N–H and O–H groups in total. The van der Waals surface area contributed by atoms with E-state index < -0.39 is 11.9 Å². The second kappa shape index (κ2) is 5.18. The number of hydrogen-bond acceptors (Lipinski definition) is 4. The van der Waals surface area contributed by atoms with Crippen LogP contribution in [0.5, 0.6) is 5.75 Å². The number of hydrogen-bond donors (Lipinski definition) is 1. The van der Waals surface area contributed by atoms with Crippen LogP contribution >= 0.6 is 0 Å². The molecule has 0 spiro atoms. The molecule has 96 valence electrons. The van der Waals surface area contributed by atoms with Crippen LogP contribution in [0.3, 0.4) is 0 Å². The van der Waals surface area contributed by atoms with Crippen LogP contribution in [0.1, 0.15) is 30.0 Å². The summed E-state index contributed by atoms with van der Waals surface area (Å²) in [5.74, 6) is 0.440. The van der Waals surface area contributed by atoms with E-state index in [0.29, 0.717) is 17.1 Å². The van der Waals surface area contributed by atoms with Crippen LogP contribution < -0.4 is 4.74 Å². The SMILES string of the molecule is Cc1cc(COc2cc(F)ccc2[C@H](C)O)on1. The van der Waals surface area contributed by atoms with Gasteiger partial charge in [-0.25, -0.2) is 4.39 Å². The number of benzene rings is 1. The van der Waals surface area contributed by atoms with E-state index in [0.717, 1.165) is 5.69 Å². The van der Waals surface area contributed by atoms with E-state index in [4.69, 9.17) is 9.26 Å². The van der Waals surface area contributed by atoms with Crippen LogP contribution in [0, 0.1) is 12.7 Å². The molecular formula is C13H14FNO3. The van der Waals surface area contributed by atoms with E-state index >= 15 is 0 Å². The van der Waals surface area contributed by atoms with Crippen LogP contribution in [-0.2, 0) is 6.61 Å². The smallest absolute Gasteiger partial charge is 0.174 e. The van der Waals surface area contributed by atoms with Crippen molar-refractivity contribution in [1.29, 1.82) is 0 Å².